The van der Waals surface area contributed by atoms with Crippen LogP contribution in [0.4, 0.5) is 5.95 Å². The Morgan fingerprint density at radius 3 is 2.83 bits per heavy atom. The quantitative estimate of drug-likeness (QED) is 0.889. The number of anilines is 1. The van der Waals surface area contributed by atoms with Crippen molar-refractivity contribution < 1.29 is 0 Å². The molecule has 1 N–H and O–H groups in total. The maximum Gasteiger partial charge on any atom is 0.203 e. The summed E-state index contributed by atoms with van der Waals surface area (Å²) in [5.74, 6) is 1.49. The van der Waals surface area contributed by atoms with Crippen LogP contribution in [-0.2, 0) is 13.1 Å². The minimum atomic E-state index is 0.597. The Bertz CT molecular complexity index is 505. The molecule has 0 unspecified atom stereocenters. The van der Waals surface area contributed by atoms with Crippen LogP contribution in [0.5, 0.6) is 0 Å². The molecule has 0 aliphatic carbocycles. The van der Waals surface area contributed by atoms with Crippen LogP contribution < -0.4 is 5.32 Å². The highest BCUT2D eigenvalue weighted by atomic mass is 35.5. The summed E-state index contributed by atoms with van der Waals surface area (Å²) >= 11 is 6.12. The zero-order valence-electron chi connectivity index (χ0n) is 10.7. The van der Waals surface area contributed by atoms with Crippen LogP contribution in [0.1, 0.15) is 19.4 Å². The number of halogens is 1. The third-order valence-electron chi connectivity index (χ3n) is 2.67. The number of aromatic nitrogens is 2. The van der Waals surface area contributed by atoms with E-state index in [4.69, 9.17) is 11.6 Å². The van der Waals surface area contributed by atoms with E-state index in [1.165, 1.54) is 0 Å². The molecular formula is C14H18ClN3. The molecule has 0 saturated heterocycles. The molecule has 18 heavy (non-hydrogen) atoms. The maximum absolute atomic E-state index is 6.12. The smallest absolute Gasteiger partial charge is 0.203 e. The monoisotopic (exact) mass is 263 g/mol. The van der Waals surface area contributed by atoms with Gasteiger partial charge in [0.25, 0.3) is 0 Å². The lowest BCUT2D eigenvalue weighted by atomic mass is 10.2. The molecule has 2 aromatic rings. The number of nitrogens with one attached hydrogen (secondary N) is 1. The third kappa shape index (κ3) is 3.26. The predicted molar refractivity (Wildman–Crippen MR) is 75.8 cm³/mol. The van der Waals surface area contributed by atoms with E-state index in [9.17, 15) is 0 Å². The molecule has 0 amide bonds. The van der Waals surface area contributed by atoms with Gasteiger partial charge in [0.1, 0.15) is 0 Å². The second-order valence-electron chi connectivity index (χ2n) is 4.74. The minimum absolute atomic E-state index is 0.597. The molecule has 4 heteroatoms. The third-order valence-corrected chi connectivity index (χ3v) is 3.04. The Balaban J connectivity index is 2.02. The van der Waals surface area contributed by atoms with Crippen molar-refractivity contribution in [1.29, 1.82) is 0 Å². The van der Waals surface area contributed by atoms with Gasteiger partial charge in [-0.25, -0.2) is 4.98 Å². The summed E-state index contributed by atoms with van der Waals surface area (Å²) in [6, 6.07) is 7.85. The normalized spacial score (nSPS) is 10.9. The molecule has 3 nitrogen and oxygen atoms in total. The lowest BCUT2D eigenvalue weighted by Gasteiger charge is -2.12. The van der Waals surface area contributed by atoms with Gasteiger partial charge in [0, 0.05) is 30.5 Å². The Labute approximate surface area is 113 Å². The highest BCUT2D eigenvalue weighted by Gasteiger charge is 2.05. The van der Waals surface area contributed by atoms with Crippen molar-refractivity contribution in [2.45, 2.75) is 26.9 Å². The molecule has 1 aromatic heterocycles. The fourth-order valence-corrected chi connectivity index (χ4v) is 2.04. The lowest BCUT2D eigenvalue weighted by molar-refractivity contribution is 0.526. The number of benzene rings is 1. The Morgan fingerprint density at radius 1 is 1.33 bits per heavy atom. The molecule has 0 atom stereocenters. The topological polar surface area (TPSA) is 29.9 Å². The van der Waals surface area contributed by atoms with E-state index in [1.54, 1.807) is 0 Å². The van der Waals surface area contributed by atoms with Crippen molar-refractivity contribution in [1.82, 2.24) is 9.55 Å². The Morgan fingerprint density at radius 2 is 2.11 bits per heavy atom. The fraction of sp³-hybridized carbons (Fsp3) is 0.357. The van der Waals surface area contributed by atoms with Crippen LogP contribution in [0.3, 0.4) is 0 Å². The first-order valence-corrected chi connectivity index (χ1v) is 6.53. The van der Waals surface area contributed by atoms with Gasteiger partial charge in [0.05, 0.1) is 0 Å². The molecule has 0 bridgehead atoms. The summed E-state index contributed by atoms with van der Waals surface area (Å²) in [6.45, 7) is 6.04. The summed E-state index contributed by atoms with van der Waals surface area (Å²) in [4.78, 5) is 4.32. The van der Waals surface area contributed by atoms with Gasteiger partial charge in [0.15, 0.2) is 0 Å². The summed E-state index contributed by atoms with van der Waals surface area (Å²) in [5.41, 5.74) is 1.08. The van der Waals surface area contributed by atoms with E-state index in [0.717, 1.165) is 23.1 Å². The van der Waals surface area contributed by atoms with E-state index >= 15 is 0 Å². The maximum atomic E-state index is 6.12. The van der Waals surface area contributed by atoms with Gasteiger partial charge in [-0.2, -0.15) is 0 Å². The van der Waals surface area contributed by atoms with Gasteiger partial charge in [0.2, 0.25) is 5.95 Å². The summed E-state index contributed by atoms with van der Waals surface area (Å²) in [7, 11) is 0. The largest absolute Gasteiger partial charge is 0.352 e. The molecule has 0 saturated carbocycles. The number of imidazole rings is 1. The van der Waals surface area contributed by atoms with E-state index in [0.29, 0.717) is 12.5 Å². The van der Waals surface area contributed by atoms with Crippen molar-refractivity contribution in [2.24, 2.45) is 5.92 Å². The zero-order chi connectivity index (χ0) is 13.0. The number of hydrogen-bond donors (Lipinski definition) is 1. The SMILES string of the molecule is CC(C)Cn1ccnc1NCc1ccccc1Cl. The van der Waals surface area contributed by atoms with Crippen molar-refractivity contribution >= 4 is 17.5 Å². The summed E-state index contributed by atoms with van der Waals surface area (Å²) in [5, 5.41) is 4.11. The molecule has 2 rings (SSSR count). The van der Waals surface area contributed by atoms with Crippen LogP contribution in [0.2, 0.25) is 5.02 Å². The van der Waals surface area contributed by atoms with Crippen molar-refractivity contribution in [3.8, 4) is 0 Å². The molecule has 1 heterocycles. The van der Waals surface area contributed by atoms with Crippen LogP contribution >= 0.6 is 11.6 Å². The average molecular weight is 264 g/mol. The fourth-order valence-electron chi connectivity index (χ4n) is 1.83. The van der Waals surface area contributed by atoms with E-state index in [1.807, 2.05) is 36.7 Å². The Kier molecular flexibility index (Phi) is 4.26. The Hall–Kier alpha value is -1.48. The number of nitrogens with zero attached hydrogens (tertiary/aromatic N) is 2. The van der Waals surface area contributed by atoms with E-state index in [-0.39, 0.29) is 0 Å². The van der Waals surface area contributed by atoms with Gasteiger partial charge in [-0.05, 0) is 17.5 Å². The van der Waals surface area contributed by atoms with Crippen molar-refractivity contribution in [3.05, 3.63) is 47.2 Å². The average Bonchev–Trinajstić information content (AvgIpc) is 2.75. The molecule has 1 aromatic carbocycles. The summed E-state index contributed by atoms with van der Waals surface area (Å²) in [6.07, 6.45) is 3.81. The molecular weight excluding hydrogens is 246 g/mol. The second kappa shape index (κ2) is 5.91. The van der Waals surface area contributed by atoms with Crippen LogP contribution in [0, 0.1) is 5.92 Å². The zero-order valence-corrected chi connectivity index (χ0v) is 11.5. The summed E-state index contributed by atoms with van der Waals surface area (Å²) < 4.78 is 2.13. The highest BCUT2D eigenvalue weighted by Crippen LogP contribution is 2.16. The number of hydrogen-bond acceptors (Lipinski definition) is 2. The highest BCUT2D eigenvalue weighted by molar-refractivity contribution is 6.31. The van der Waals surface area contributed by atoms with Gasteiger partial charge in [-0.1, -0.05) is 43.6 Å². The molecule has 96 valence electrons. The number of rotatable bonds is 5. The van der Waals surface area contributed by atoms with Gasteiger partial charge >= 0.3 is 0 Å². The van der Waals surface area contributed by atoms with Crippen LogP contribution in [0.25, 0.3) is 0 Å². The van der Waals surface area contributed by atoms with Gasteiger partial charge < -0.3 is 9.88 Å². The molecule has 0 aliphatic rings. The minimum Gasteiger partial charge on any atom is -0.352 e. The van der Waals surface area contributed by atoms with E-state index in [2.05, 4.69) is 28.7 Å². The van der Waals surface area contributed by atoms with Gasteiger partial charge in [-0.15, -0.1) is 0 Å². The first-order chi connectivity index (χ1) is 8.66. The van der Waals surface area contributed by atoms with Crippen molar-refractivity contribution in [2.75, 3.05) is 5.32 Å². The lowest BCUT2D eigenvalue weighted by Crippen LogP contribution is -2.10. The molecule has 0 spiro atoms. The van der Waals surface area contributed by atoms with Crippen LogP contribution in [-0.4, -0.2) is 9.55 Å². The van der Waals surface area contributed by atoms with Gasteiger partial charge in [-0.3, -0.25) is 0 Å². The molecule has 0 fully saturated rings. The molecule has 0 aliphatic heterocycles. The standard InChI is InChI=1S/C14H18ClN3/c1-11(2)10-18-8-7-16-14(18)17-9-12-5-3-4-6-13(12)15/h3-8,11H,9-10H2,1-2H3,(H,16,17). The predicted octanol–water partition coefficient (Wildman–Crippen LogP) is 3.80. The van der Waals surface area contributed by atoms with Crippen molar-refractivity contribution in [3.63, 3.8) is 0 Å². The first kappa shape index (κ1) is 13.0. The second-order valence-corrected chi connectivity index (χ2v) is 5.15. The first-order valence-electron chi connectivity index (χ1n) is 6.15. The van der Waals surface area contributed by atoms with Crippen LogP contribution in [0.15, 0.2) is 36.7 Å². The molecule has 0 radical (unpaired) electrons. The van der Waals surface area contributed by atoms with E-state index < -0.39 is 0 Å².